The summed E-state index contributed by atoms with van der Waals surface area (Å²) in [7, 11) is 0. The molecule has 0 atom stereocenters. The number of ether oxygens (including phenoxy) is 2. The molecular formula is C29H33ClN4O2. The minimum absolute atomic E-state index is 0.427. The first kappa shape index (κ1) is 24.5. The molecule has 0 aliphatic carbocycles. The van der Waals surface area contributed by atoms with Crippen molar-refractivity contribution in [3.8, 4) is 17.2 Å². The van der Waals surface area contributed by atoms with E-state index < -0.39 is 0 Å². The lowest BCUT2D eigenvalue weighted by Gasteiger charge is -2.33. The first-order valence-corrected chi connectivity index (χ1v) is 13.1. The number of rotatable bonds is 9. The van der Waals surface area contributed by atoms with E-state index in [1.165, 1.54) is 5.56 Å². The maximum atomic E-state index is 6.15. The van der Waals surface area contributed by atoms with Crippen molar-refractivity contribution in [2.24, 2.45) is 0 Å². The van der Waals surface area contributed by atoms with Crippen LogP contribution in [0.5, 0.6) is 11.5 Å². The zero-order valence-corrected chi connectivity index (χ0v) is 21.7. The van der Waals surface area contributed by atoms with Crippen LogP contribution < -0.4 is 14.8 Å². The maximum Gasteiger partial charge on any atom is 0.147 e. The summed E-state index contributed by atoms with van der Waals surface area (Å²) >= 11 is 6.15. The maximum absolute atomic E-state index is 6.15. The van der Waals surface area contributed by atoms with Crippen molar-refractivity contribution >= 4 is 28.2 Å². The second-order valence-corrected chi connectivity index (χ2v) is 9.55. The first-order chi connectivity index (χ1) is 17.6. The highest BCUT2D eigenvalue weighted by molar-refractivity contribution is 6.31. The van der Waals surface area contributed by atoms with Crippen molar-refractivity contribution in [2.75, 3.05) is 31.6 Å². The van der Waals surface area contributed by atoms with Crippen molar-refractivity contribution < 1.29 is 9.47 Å². The number of piperidine rings is 1. The van der Waals surface area contributed by atoms with Crippen LogP contribution in [-0.4, -0.2) is 46.8 Å². The molecule has 7 heteroatoms. The molecule has 1 N–H and O–H groups in total. The number of pyridine rings is 1. The fraction of sp³-hybridized carbons (Fsp3) is 0.345. The SMILES string of the molecule is CCOc1cc(CN2CCC(Nc3ccnc4cc(Cl)ccc34)CC2)cc(OCC)c1-n1cccc1. The highest BCUT2D eigenvalue weighted by Gasteiger charge is 2.22. The van der Waals surface area contributed by atoms with E-state index in [1.807, 2.05) is 62.8 Å². The number of anilines is 1. The summed E-state index contributed by atoms with van der Waals surface area (Å²) < 4.78 is 14.2. The van der Waals surface area contributed by atoms with Gasteiger partial charge >= 0.3 is 0 Å². The van der Waals surface area contributed by atoms with Gasteiger partial charge in [-0.05, 0) is 80.8 Å². The Morgan fingerprint density at radius 1 is 0.972 bits per heavy atom. The van der Waals surface area contributed by atoms with Crippen molar-refractivity contribution in [1.29, 1.82) is 0 Å². The summed E-state index contributed by atoms with van der Waals surface area (Å²) in [6.07, 6.45) is 8.06. The van der Waals surface area contributed by atoms with Crippen LogP contribution in [0, 0.1) is 0 Å². The van der Waals surface area contributed by atoms with Crippen LogP contribution in [0.4, 0.5) is 5.69 Å². The summed E-state index contributed by atoms with van der Waals surface area (Å²) in [5.74, 6) is 1.71. The highest BCUT2D eigenvalue weighted by atomic mass is 35.5. The van der Waals surface area contributed by atoms with E-state index in [0.717, 1.165) is 66.3 Å². The number of fused-ring (bicyclic) bond motifs is 1. The van der Waals surface area contributed by atoms with Gasteiger partial charge in [0.2, 0.25) is 0 Å². The summed E-state index contributed by atoms with van der Waals surface area (Å²) in [5.41, 5.74) is 4.21. The fourth-order valence-corrected chi connectivity index (χ4v) is 5.12. The van der Waals surface area contributed by atoms with Crippen LogP contribution in [-0.2, 0) is 6.54 Å². The molecule has 2 aromatic carbocycles. The van der Waals surface area contributed by atoms with E-state index in [2.05, 4.69) is 38.0 Å². The standard InChI is InChI=1S/C29H33ClN4O2/c1-3-35-27-17-21(18-28(36-4-2)29(27)34-13-5-6-14-34)20-33-15-10-23(11-16-33)32-25-9-12-31-26-19-22(30)7-8-24(25)26/h5-9,12-14,17-19,23H,3-4,10-11,15-16,20H2,1-2H3,(H,31,32). The quantitative estimate of drug-likeness (QED) is 0.280. The predicted octanol–water partition coefficient (Wildman–Crippen LogP) is 6.55. The minimum Gasteiger partial charge on any atom is -0.492 e. The average Bonchev–Trinajstić information content (AvgIpc) is 3.40. The van der Waals surface area contributed by atoms with Crippen LogP contribution >= 0.6 is 11.6 Å². The Hall–Kier alpha value is -3.22. The molecule has 1 aliphatic heterocycles. The average molecular weight is 505 g/mol. The largest absolute Gasteiger partial charge is 0.492 e. The van der Waals surface area contributed by atoms with Gasteiger partial charge in [0.1, 0.15) is 17.2 Å². The molecule has 4 aromatic rings. The monoisotopic (exact) mass is 504 g/mol. The highest BCUT2D eigenvalue weighted by Crippen LogP contribution is 2.36. The molecule has 3 heterocycles. The van der Waals surface area contributed by atoms with E-state index in [4.69, 9.17) is 21.1 Å². The topological polar surface area (TPSA) is 51.6 Å². The molecule has 0 bridgehead atoms. The third-order valence-corrected chi connectivity index (χ3v) is 6.86. The molecule has 0 amide bonds. The Kier molecular flexibility index (Phi) is 7.63. The lowest BCUT2D eigenvalue weighted by atomic mass is 10.0. The second-order valence-electron chi connectivity index (χ2n) is 9.11. The number of halogens is 1. The fourth-order valence-electron chi connectivity index (χ4n) is 4.96. The smallest absolute Gasteiger partial charge is 0.147 e. The van der Waals surface area contributed by atoms with Gasteiger partial charge in [0.15, 0.2) is 0 Å². The lowest BCUT2D eigenvalue weighted by molar-refractivity contribution is 0.210. The Morgan fingerprint density at radius 3 is 2.33 bits per heavy atom. The third-order valence-electron chi connectivity index (χ3n) is 6.62. The molecule has 5 rings (SSSR count). The van der Waals surface area contributed by atoms with Crippen molar-refractivity contribution in [2.45, 2.75) is 39.3 Å². The number of aromatic nitrogens is 2. The summed E-state index contributed by atoms with van der Waals surface area (Å²) in [5, 5.41) is 5.57. The predicted molar refractivity (Wildman–Crippen MR) is 147 cm³/mol. The summed E-state index contributed by atoms with van der Waals surface area (Å²) in [6.45, 7) is 8.18. The van der Waals surface area contributed by atoms with Crippen molar-refractivity contribution in [1.82, 2.24) is 14.5 Å². The van der Waals surface area contributed by atoms with E-state index in [9.17, 15) is 0 Å². The van der Waals surface area contributed by atoms with E-state index in [-0.39, 0.29) is 0 Å². The van der Waals surface area contributed by atoms with Gasteiger partial charge in [-0.3, -0.25) is 9.88 Å². The van der Waals surface area contributed by atoms with Gasteiger partial charge < -0.3 is 19.4 Å². The van der Waals surface area contributed by atoms with Gasteiger partial charge in [-0.1, -0.05) is 11.6 Å². The molecule has 1 aliphatic rings. The molecule has 6 nitrogen and oxygen atoms in total. The van der Waals surface area contributed by atoms with Gasteiger partial charge in [-0.2, -0.15) is 0 Å². The number of nitrogens with one attached hydrogen (secondary N) is 1. The molecule has 0 radical (unpaired) electrons. The van der Waals surface area contributed by atoms with Gasteiger partial charge in [-0.15, -0.1) is 0 Å². The van der Waals surface area contributed by atoms with Crippen molar-refractivity contribution in [3.05, 3.63) is 77.7 Å². The van der Waals surface area contributed by atoms with E-state index in [1.54, 1.807) is 0 Å². The van der Waals surface area contributed by atoms with E-state index >= 15 is 0 Å². The van der Waals surface area contributed by atoms with Gasteiger partial charge in [0.05, 0.1) is 18.7 Å². The van der Waals surface area contributed by atoms with E-state index in [0.29, 0.717) is 24.3 Å². The zero-order valence-electron chi connectivity index (χ0n) is 20.9. The first-order valence-electron chi connectivity index (χ1n) is 12.7. The number of benzene rings is 2. The molecule has 0 spiro atoms. The zero-order chi connectivity index (χ0) is 24.9. The van der Waals surface area contributed by atoms with Crippen LogP contribution in [0.3, 0.4) is 0 Å². The number of hydrogen-bond donors (Lipinski definition) is 1. The normalized spacial score (nSPS) is 14.8. The molecule has 0 unspecified atom stereocenters. The van der Waals surface area contributed by atoms with Gasteiger partial charge in [0, 0.05) is 60.4 Å². The molecule has 188 valence electrons. The number of hydrogen-bond acceptors (Lipinski definition) is 5. The minimum atomic E-state index is 0.427. The van der Waals surface area contributed by atoms with Gasteiger partial charge in [0.25, 0.3) is 0 Å². The van der Waals surface area contributed by atoms with Crippen LogP contribution in [0.25, 0.3) is 16.6 Å². The van der Waals surface area contributed by atoms with Crippen LogP contribution in [0.1, 0.15) is 32.3 Å². The molecule has 36 heavy (non-hydrogen) atoms. The number of nitrogens with zero attached hydrogens (tertiary/aromatic N) is 3. The molecule has 2 aromatic heterocycles. The Balaban J connectivity index is 1.27. The van der Waals surface area contributed by atoms with Crippen LogP contribution in [0.15, 0.2) is 67.1 Å². The molecular weight excluding hydrogens is 472 g/mol. The van der Waals surface area contributed by atoms with Crippen molar-refractivity contribution in [3.63, 3.8) is 0 Å². The van der Waals surface area contributed by atoms with Crippen LogP contribution in [0.2, 0.25) is 5.02 Å². The van der Waals surface area contributed by atoms with Gasteiger partial charge in [-0.25, -0.2) is 0 Å². The molecule has 1 saturated heterocycles. The third kappa shape index (κ3) is 5.45. The lowest BCUT2D eigenvalue weighted by Crippen LogP contribution is -2.38. The molecule has 1 fully saturated rings. The Morgan fingerprint density at radius 2 is 1.67 bits per heavy atom. The Labute approximate surface area is 217 Å². The summed E-state index contributed by atoms with van der Waals surface area (Å²) in [6, 6.07) is 16.7. The second kappa shape index (κ2) is 11.2. The summed E-state index contributed by atoms with van der Waals surface area (Å²) in [4.78, 5) is 6.98. The Bertz CT molecular complexity index is 1270. The molecule has 0 saturated carbocycles. The number of likely N-dealkylation sites (tertiary alicyclic amines) is 1.